The average Bonchev–Trinajstić information content (AvgIpc) is 2.55. The number of alkyl halides is 3. The molecule has 3 nitrogen and oxygen atoms in total. The third-order valence-electron chi connectivity index (χ3n) is 2.14. The lowest BCUT2D eigenvalue weighted by molar-refractivity contribution is -0.137. The van der Waals surface area contributed by atoms with Crippen molar-refractivity contribution in [1.29, 1.82) is 0 Å². The first-order chi connectivity index (χ1) is 7.86. The lowest BCUT2D eigenvalue weighted by Crippen LogP contribution is -2.04. The van der Waals surface area contributed by atoms with Crippen LogP contribution in [0.4, 0.5) is 19.1 Å². The molecule has 6 heteroatoms. The Morgan fingerprint density at radius 2 is 2.00 bits per heavy atom. The number of hydrogen-bond acceptors (Lipinski definition) is 2. The fourth-order valence-corrected chi connectivity index (χ4v) is 1.45. The van der Waals surface area contributed by atoms with Gasteiger partial charge >= 0.3 is 6.18 Å². The van der Waals surface area contributed by atoms with E-state index in [4.69, 9.17) is 4.42 Å². The second-order valence-electron chi connectivity index (χ2n) is 3.54. The number of furan rings is 1. The molecule has 2 aromatic rings. The van der Waals surface area contributed by atoms with Gasteiger partial charge in [0, 0.05) is 18.4 Å². The molecule has 0 aliphatic heterocycles. The molecule has 1 heterocycles. The van der Waals surface area contributed by atoms with Crippen LogP contribution < -0.4 is 5.32 Å². The van der Waals surface area contributed by atoms with Crippen LogP contribution in [0.2, 0.25) is 0 Å². The van der Waals surface area contributed by atoms with Crippen LogP contribution in [0.15, 0.2) is 28.7 Å². The van der Waals surface area contributed by atoms with E-state index in [1.807, 2.05) is 0 Å². The quantitative estimate of drug-likeness (QED) is 0.833. The number of carbonyl (C=O) groups excluding carboxylic acids is 1. The van der Waals surface area contributed by atoms with E-state index in [9.17, 15) is 18.0 Å². The molecule has 1 aromatic carbocycles. The van der Waals surface area contributed by atoms with E-state index < -0.39 is 11.7 Å². The van der Waals surface area contributed by atoms with Crippen molar-refractivity contribution in [3.63, 3.8) is 0 Å². The molecule has 1 aromatic heterocycles. The molecule has 0 saturated carbocycles. The van der Waals surface area contributed by atoms with Crippen molar-refractivity contribution in [2.24, 2.45) is 0 Å². The van der Waals surface area contributed by atoms with Crippen LogP contribution in [-0.4, -0.2) is 5.91 Å². The molecule has 0 fully saturated rings. The molecule has 0 unspecified atom stereocenters. The average molecular weight is 243 g/mol. The molecule has 1 amide bonds. The third kappa shape index (κ3) is 2.41. The number of benzene rings is 1. The number of halogens is 3. The molecular weight excluding hydrogens is 235 g/mol. The fourth-order valence-electron chi connectivity index (χ4n) is 1.45. The molecule has 0 radical (unpaired) electrons. The Labute approximate surface area is 94.2 Å². The minimum absolute atomic E-state index is 0.131. The molecule has 0 bridgehead atoms. The molecular formula is C11H8F3NO2. The molecule has 17 heavy (non-hydrogen) atoms. The lowest BCUT2D eigenvalue weighted by Gasteiger charge is -2.04. The van der Waals surface area contributed by atoms with E-state index in [-0.39, 0.29) is 11.8 Å². The van der Waals surface area contributed by atoms with Crippen molar-refractivity contribution in [2.45, 2.75) is 13.1 Å². The summed E-state index contributed by atoms with van der Waals surface area (Å²) in [5.41, 5.74) is -0.457. The topological polar surface area (TPSA) is 42.2 Å². The first-order valence-corrected chi connectivity index (χ1v) is 4.74. The van der Waals surface area contributed by atoms with E-state index in [2.05, 4.69) is 5.32 Å². The molecule has 0 aliphatic rings. The van der Waals surface area contributed by atoms with Gasteiger partial charge in [-0.1, -0.05) is 0 Å². The minimum atomic E-state index is -4.39. The number of carbonyl (C=O) groups is 1. The van der Waals surface area contributed by atoms with Gasteiger partial charge < -0.3 is 4.42 Å². The van der Waals surface area contributed by atoms with E-state index >= 15 is 0 Å². The van der Waals surface area contributed by atoms with Gasteiger partial charge in [0.25, 0.3) is 0 Å². The normalized spacial score (nSPS) is 11.8. The Kier molecular flexibility index (Phi) is 2.57. The number of anilines is 1. The van der Waals surface area contributed by atoms with Crippen molar-refractivity contribution in [1.82, 2.24) is 0 Å². The third-order valence-corrected chi connectivity index (χ3v) is 2.14. The standard InChI is InChI=1S/C11H8F3NO2/c1-6(16)15-10-5-7-4-8(11(12,13)14)2-3-9(7)17-10/h2-5H,1H3,(H,15,16). The maximum atomic E-state index is 12.4. The van der Waals surface area contributed by atoms with Crippen molar-refractivity contribution in [3.05, 3.63) is 29.8 Å². The molecule has 0 aliphatic carbocycles. The van der Waals surface area contributed by atoms with Crippen molar-refractivity contribution in [2.75, 3.05) is 5.32 Å². The molecule has 0 atom stereocenters. The van der Waals surface area contributed by atoms with Gasteiger partial charge in [-0.05, 0) is 18.2 Å². The van der Waals surface area contributed by atoms with E-state index in [1.165, 1.54) is 19.1 Å². The zero-order valence-electron chi connectivity index (χ0n) is 8.76. The fraction of sp³-hybridized carbons (Fsp3) is 0.182. The van der Waals surface area contributed by atoms with Gasteiger partial charge in [0.2, 0.25) is 11.8 Å². The number of amides is 1. The summed E-state index contributed by atoms with van der Waals surface area (Å²) >= 11 is 0. The lowest BCUT2D eigenvalue weighted by atomic mass is 10.1. The largest absolute Gasteiger partial charge is 0.440 e. The van der Waals surface area contributed by atoms with Crippen LogP contribution in [-0.2, 0) is 11.0 Å². The summed E-state index contributed by atoms with van der Waals surface area (Å²) in [6.07, 6.45) is -4.39. The Balaban J connectivity index is 2.44. The van der Waals surface area contributed by atoms with Crippen molar-refractivity contribution >= 4 is 22.8 Å². The predicted molar refractivity (Wildman–Crippen MR) is 55.5 cm³/mol. The van der Waals surface area contributed by atoms with E-state index in [0.717, 1.165) is 12.1 Å². The zero-order chi connectivity index (χ0) is 12.6. The van der Waals surface area contributed by atoms with Gasteiger partial charge in [-0.2, -0.15) is 13.2 Å². The maximum absolute atomic E-state index is 12.4. The predicted octanol–water partition coefficient (Wildman–Crippen LogP) is 3.41. The molecule has 0 saturated heterocycles. The summed E-state index contributed by atoms with van der Waals surface area (Å²) in [7, 11) is 0. The summed E-state index contributed by atoms with van der Waals surface area (Å²) in [5, 5.41) is 2.66. The van der Waals surface area contributed by atoms with Crippen LogP contribution in [0, 0.1) is 0 Å². The SMILES string of the molecule is CC(=O)Nc1cc2cc(C(F)(F)F)ccc2o1. The number of fused-ring (bicyclic) bond motifs is 1. The highest BCUT2D eigenvalue weighted by Gasteiger charge is 2.30. The van der Waals surface area contributed by atoms with Crippen LogP contribution >= 0.6 is 0 Å². The van der Waals surface area contributed by atoms with Gasteiger partial charge in [-0.3, -0.25) is 10.1 Å². The summed E-state index contributed by atoms with van der Waals surface area (Å²) in [4.78, 5) is 10.8. The highest BCUT2D eigenvalue weighted by atomic mass is 19.4. The van der Waals surface area contributed by atoms with Crippen LogP contribution in [0.25, 0.3) is 11.0 Å². The number of nitrogens with one attached hydrogen (secondary N) is 1. The summed E-state index contributed by atoms with van der Waals surface area (Å²) in [5.74, 6) is -0.216. The van der Waals surface area contributed by atoms with Gasteiger partial charge in [0.1, 0.15) is 5.58 Å². The van der Waals surface area contributed by atoms with E-state index in [1.54, 1.807) is 0 Å². The highest BCUT2D eigenvalue weighted by Crippen LogP contribution is 2.33. The van der Waals surface area contributed by atoms with Crippen molar-refractivity contribution < 1.29 is 22.4 Å². The monoisotopic (exact) mass is 243 g/mol. The second kappa shape index (κ2) is 3.80. The van der Waals surface area contributed by atoms with Crippen LogP contribution in [0.1, 0.15) is 12.5 Å². The molecule has 2 rings (SSSR count). The van der Waals surface area contributed by atoms with E-state index in [0.29, 0.717) is 11.0 Å². The van der Waals surface area contributed by atoms with Crippen LogP contribution in [0.5, 0.6) is 0 Å². The first-order valence-electron chi connectivity index (χ1n) is 4.74. The maximum Gasteiger partial charge on any atom is 0.416 e. The number of hydrogen-bond donors (Lipinski definition) is 1. The summed E-state index contributed by atoms with van der Waals surface area (Å²) in [6.45, 7) is 1.29. The Morgan fingerprint density at radius 3 is 2.59 bits per heavy atom. The summed E-state index contributed by atoms with van der Waals surface area (Å²) in [6, 6.07) is 4.49. The van der Waals surface area contributed by atoms with Gasteiger partial charge in [0.15, 0.2) is 0 Å². The minimum Gasteiger partial charge on any atom is -0.440 e. The Morgan fingerprint density at radius 1 is 1.29 bits per heavy atom. The van der Waals surface area contributed by atoms with Crippen molar-refractivity contribution in [3.8, 4) is 0 Å². The van der Waals surface area contributed by atoms with Crippen LogP contribution in [0.3, 0.4) is 0 Å². The smallest absolute Gasteiger partial charge is 0.416 e. The van der Waals surface area contributed by atoms with Gasteiger partial charge in [-0.15, -0.1) is 0 Å². The molecule has 1 N–H and O–H groups in total. The summed E-state index contributed by atoms with van der Waals surface area (Å²) < 4.78 is 42.4. The highest BCUT2D eigenvalue weighted by molar-refractivity contribution is 5.91. The Hall–Kier alpha value is -1.98. The zero-order valence-corrected chi connectivity index (χ0v) is 8.76. The first kappa shape index (κ1) is 11.5. The Bertz CT molecular complexity index is 572. The van der Waals surface area contributed by atoms with Gasteiger partial charge in [-0.25, -0.2) is 0 Å². The van der Waals surface area contributed by atoms with Gasteiger partial charge in [0.05, 0.1) is 5.56 Å². The molecule has 90 valence electrons. The number of rotatable bonds is 1. The second-order valence-corrected chi connectivity index (χ2v) is 3.54. The molecule has 0 spiro atoms.